The van der Waals surface area contributed by atoms with E-state index in [9.17, 15) is 4.79 Å². The van der Waals surface area contributed by atoms with Gasteiger partial charge in [0.1, 0.15) is 5.76 Å². The fraction of sp³-hybridized carbons (Fsp3) is 0.450. The van der Waals surface area contributed by atoms with E-state index in [4.69, 9.17) is 9.15 Å². The molecule has 0 N–H and O–H groups in total. The molecule has 0 saturated carbocycles. The predicted molar refractivity (Wildman–Crippen MR) is 93.9 cm³/mol. The fourth-order valence-electron chi connectivity index (χ4n) is 3.99. The van der Waals surface area contributed by atoms with Crippen LogP contribution in [0.2, 0.25) is 0 Å². The first kappa shape index (κ1) is 16.4. The molecule has 25 heavy (non-hydrogen) atoms. The monoisotopic (exact) mass is 340 g/mol. The number of amides is 1. The first-order chi connectivity index (χ1) is 12.1. The molecule has 0 radical (unpaired) electrons. The zero-order chi connectivity index (χ0) is 17.4. The number of hydrogen-bond acceptors (Lipinski definition) is 4. The average molecular weight is 340 g/mol. The molecule has 1 fully saturated rings. The van der Waals surface area contributed by atoms with Gasteiger partial charge in [-0.05, 0) is 36.1 Å². The van der Waals surface area contributed by atoms with Gasteiger partial charge in [0.25, 0.3) is 5.91 Å². The molecule has 1 atom stereocenters. The third-order valence-electron chi connectivity index (χ3n) is 5.37. The molecule has 0 unspecified atom stereocenters. The summed E-state index contributed by atoms with van der Waals surface area (Å²) in [6.07, 6.45) is 3.01. The van der Waals surface area contributed by atoms with Crippen LogP contribution in [0.5, 0.6) is 0 Å². The highest BCUT2D eigenvalue weighted by molar-refractivity contribution is 5.83. The normalized spacial score (nSPS) is 22.1. The van der Waals surface area contributed by atoms with E-state index in [-0.39, 0.29) is 11.5 Å². The Morgan fingerprint density at radius 3 is 2.64 bits per heavy atom. The molecule has 4 rings (SSSR count). The van der Waals surface area contributed by atoms with E-state index in [1.54, 1.807) is 25.3 Å². The molecule has 0 bridgehead atoms. The van der Waals surface area contributed by atoms with Gasteiger partial charge in [-0.15, -0.1) is 0 Å². The number of likely N-dealkylation sites (N-methyl/N-ethyl adjacent to an activating group) is 1. The van der Waals surface area contributed by atoms with Crippen LogP contribution in [0.4, 0.5) is 0 Å². The predicted octanol–water partition coefficient (Wildman–Crippen LogP) is 2.93. The number of ether oxygens (including phenoxy) is 1. The lowest BCUT2D eigenvalue weighted by Gasteiger charge is -2.39. The largest absolute Gasteiger partial charge is 0.468 e. The Bertz CT molecular complexity index is 746. The van der Waals surface area contributed by atoms with Crippen LogP contribution in [0, 0.1) is 0 Å². The number of nitrogens with zero attached hydrogens (tertiary/aromatic N) is 2. The van der Waals surface area contributed by atoms with Gasteiger partial charge < -0.3 is 14.1 Å². The van der Waals surface area contributed by atoms with Crippen LogP contribution in [-0.2, 0) is 21.7 Å². The zero-order valence-electron chi connectivity index (χ0n) is 14.8. The molecule has 1 spiro atoms. The maximum absolute atomic E-state index is 12.6. The molecule has 1 saturated heterocycles. The SMILES string of the molecule is CN(C)C(=O)[C@H]1OC2(CCN(Cc3ccco3)CC2)c2ccccc21. The first-order valence-electron chi connectivity index (χ1n) is 8.82. The van der Waals surface area contributed by atoms with Gasteiger partial charge in [-0.3, -0.25) is 9.69 Å². The highest BCUT2D eigenvalue weighted by Crippen LogP contribution is 2.49. The molecule has 1 aromatic heterocycles. The fourth-order valence-corrected chi connectivity index (χ4v) is 3.99. The summed E-state index contributed by atoms with van der Waals surface area (Å²) in [4.78, 5) is 16.6. The Labute approximate surface area is 148 Å². The Hall–Kier alpha value is -2.11. The molecule has 2 aliphatic heterocycles. The number of carbonyl (C=O) groups is 1. The van der Waals surface area contributed by atoms with E-state index in [1.165, 1.54) is 5.56 Å². The van der Waals surface area contributed by atoms with Gasteiger partial charge in [-0.2, -0.15) is 0 Å². The third kappa shape index (κ3) is 2.87. The minimum absolute atomic E-state index is 0.0161. The van der Waals surface area contributed by atoms with Crippen LogP contribution in [0.15, 0.2) is 47.1 Å². The van der Waals surface area contributed by atoms with Crippen LogP contribution in [-0.4, -0.2) is 42.9 Å². The number of rotatable bonds is 3. The van der Waals surface area contributed by atoms with Crippen LogP contribution in [0.3, 0.4) is 0 Å². The van der Waals surface area contributed by atoms with Gasteiger partial charge in [-0.1, -0.05) is 24.3 Å². The standard InChI is InChI=1S/C20H24N2O3/c1-21(2)19(23)18-16-7-3-4-8-17(16)20(25-18)9-11-22(12-10-20)14-15-6-5-13-24-15/h3-8,13,18H,9-12,14H2,1-2H3/t18-/m0/s1. The van der Waals surface area contributed by atoms with Crippen molar-refractivity contribution < 1.29 is 13.9 Å². The van der Waals surface area contributed by atoms with Crippen molar-refractivity contribution in [2.75, 3.05) is 27.2 Å². The molecule has 132 valence electrons. The maximum atomic E-state index is 12.6. The first-order valence-corrected chi connectivity index (χ1v) is 8.82. The smallest absolute Gasteiger partial charge is 0.255 e. The lowest BCUT2D eigenvalue weighted by atomic mass is 9.83. The van der Waals surface area contributed by atoms with Gasteiger partial charge in [0, 0.05) is 27.2 Å². The molecule has 2 aliphatic rings. The second kappa shape index (κ2) is 6.32. The average Bonchev–Trinajstić information content (AvgIpc) is 3.24. The lowest BCUT2D eigenvalue weighted by molar-refractivity contribution is -0.158. The quantitative estimate of drug-likeness (QED) is 0.862. The molecule has 1 amide bonds. The Morgan fingerprint density at radius 1 is 1.20 bits per heavy atom. The van der Waals surface area contributed by atoms with E-state index >= 15 is 0 Å². The van der Waals surface area contributed by atoms with Crippen molar-refractivity contribution in [2.45, 2.75) is 31.1 Å². The summed E-state index contributed by atoms with van der Waals surface area (Å²) >= 11 is 0. The van der Waals surface area contributed by atoms with Crippen molar-refractivity contribution >= 4 is 5.91 Å². The minimum Gasteiger partial charge on any atom is -0.468 e. The molecule has 1 aromatic carbocycles. The number of benzene rings is 1. The lowest BCUT2D eigenvalue weighted by Crippen LogP contribution is -2.42. The van der Waals surface area contributed by atoms with Crippen molar-refractivity contribution in [3.63, 3.8) is 0 Å². The Balaban J connectivity index is 1.54. The van der Waals surface area contributed by atoms with E-state index in [2.05, 4.69) is 11.0 Å². The van der Waals surface area contributed by atoms with E-state index in [0.29, 0.717) is 0 Å². The van der Waals surface area contributed by atoms with Crippen molar-refractivity contribution in [2.24, 2.45) is 0 Å². The van der Waals surface area contributed by atoms with Crippen LogP contribution in [0.1, 0.15) is 35.8 Å². The number of likely N-dealkylation sites (tertiary alicyclic amines) is 1. The molecule has 0 aliphatic carbocycles. The van der Waals surface area contributed by atoms with Gasteiger partial charge >= 0.3 is 0 Å². The summed E-state index contributed by atoms with van der Waals surface area (Å²) in [5.41, 5.74) is 1.88. The topological polar surface area (TPSA) is 45.9 Å². The number of hydrogen-bond donors (Lipinski definition) is 0. The molecular weight excluding hydrogens is 316 g/mol. The molecular formula is C20H24N2O3. The summed E-state index contributed by atoms with van der Waals surface area (Å²) < 4.78 is 11.9. The summed E-state index contributed by atoms with van der Waals surface area (Å²) in [6, 6.07) is 12.1. The summed E-state index contributed by atoms with van der Waals surface area (Å²) in [6.45, 7) is 2.68. The zero-order valence-corrected chi connectivity index (χ0v) is 14.8. The van der Waals surface area contributed by atoms with Gasteiger partial charge in [-0.25, -0.2) is 0 Å². The molecule has 3 heterocycles. The highest BCUT2D eigenvalue weighted by atomic mass is 16.5. The van der Waals surface area contributed by atoms with Crippen molar-refractivity contribution in [1.29, 1.82) is 0 Å². The number of furan rings is 1. The highest BCUT2D eigenvalue weighted by Gasteiger charge is 2.48. The van der Waals surface area contributed by atoms with Crippen LogP contribution < -0.4 is 0 Å². The van der Waals surface area contributed by atoms with Crippen LogP contribution >= 0.6 is 0 Å². The third-order valence-corrected chi connectivity index (χ3v) is 5.37. The maximum Gasteiger partial charge on any atom is 0.255 e. The number of carbonyl (C=O) groups excluding carboxylic acids is 1. The number of piperidine rings is 1. The van der Waals surface area contributed by atoms with E-state index in [1.807, 2.05) is 30.3 Å². The van der Waals surface area contributed by atoms with Crippen molar-refractivity contribution in [1.82, 2.24) is 9.80 Å². The molecule has 5 nitrogen and oxygen atoms in total. The molecule has 2 aromatic rings. The van der Waals surface area contributed by atoms with Crippen molar-refractivity contribution in [3.8, 4) is 0 Å². The second-order valence-corrected chi connectivity index (χ2v) is 7.17. The van der Waals surface area contributed by atoms with E-state index < -0.39 is 6.10 Å². The van der Waals surface area contributed by atoms with Gasteiger partial charge in [0.2, 0.25) is 0 Å². The molecule has 5 heteroatoms. The van der Waals surface area contributed by atoms with Gasteiger partial charge in [0.05, 0.1) is 18.4 Å². The minimum atomic E-state index is -0.483. The second-order valence-electron chi connectivity index (χ2n) is 7.17. The summed E-state index contributed by atoms with van der Waals surface area (Å²) in [7, 11) is 3.57. The van der Waals surface area contributed by atoms with E-state index in [0.717, 1.165) is 43.8 Å². The summed E-state index contributed by atoms with van der Waals surface area (Å²) in [5, 5.41) is 0. The number of fused-ring (bicyclic) bond motifs is 2. The summed E-state index contributed by atoms with van der Waals surface area (Å²) in [5.74, 6) is 1.01. The Morgan fingerprint density at radius 2 is 1.96 bits per heavy atom. The van der Waals surface area contributed by atoms with Crippen LogP contribution in [0.25, 0.3) is 0 Å². The Kier molecular flexibility index (Phi) is 4.13. The van der Waals surface area contributed by atoms with Gasteiger partial charge in [0.15, 0.2) is 6.10 Å². The van der Waals surface area contributed by atoms with Crippen molar-refractivity contribution in [3.05, 3.63) is 59.5 Å².